The second kappa shape index (κ2) is 10.3. The number of pyridine rings is 1. The molecule has 0 amide bonds. The van der Waals surface area contributed by atoms with Crippen LogP contribution < -0.4 is 0 Å². The monoisotopic (exact) mass is 475 g/mol. The minimum atomic E-state index is -3.30. The molecule has 0 N–H and O–H groups in total. The predicted molar refractivity (Wildman–Crippen MR) is 134 cm³/mol. The van der Waals surface area contributed by atoms with Crippen LogP contribution in [-0.4, -0.2) is 31.7 Å². The lowest BCUT2D eigenvalue weighted by Crippen LogP contribution is -2.11. The standard InChI is InChI=1S/C28H29NO4S/c1-20-19-21(17-18-29-20)9-5-3-8-12-25-26(23-13-15-24(16-14-23)34(2,31)32)27(28(30)33-25)22-10-6-4-7-11-22/h4,6-7,10-11,13-19,25H,3,5,8-9,12H2,1-2H3. The molecule has 1 aliphatic heterocycles. The number of aryl methyl sites for hydroxylation is 2. The Morgan fingerprint density at radius 2 is 1.65 bits per heavy atom. The summed E-state index contributed by atoms with van der Waals surface area (Å²) in [7, 11) is -3.30. The number of nitrogens with zero attached hydrogens (tertiary/aromatic N) is 1. The topological polar surface area (TPSA) is 73.3 Å². The van der Waals surface area contributed by atoms with Gasteiger partial charge in [0, 0.05) is 23.7 Å². The van der Waals surface area contributed by atoms with Crippen LogP contribution in [0.1, 0.15) is 48.1 Å². The summed E-state index contributed by atoms with van der Waals surface area (Å²) in [4.78, 5) is 17.4. The molecule has 0 spiro atoms. The Bertz CT molecular complexity index is 1300. The Kier molecular flexibility index (Phi) is 7.27. The molecule has 0 fully saturated rings. The second-order valence-corrected chi connectivity index (χ2v) is 10.8. The van der Waals surface area contributed by atoms with Crippen molar-refractivity contribution in [2.24, 2.45) is 0 Å². The Morgan fingerprint density at radius 1 is 0.912 bits per heavy atom. The molecule has 0 saturated heterocycles. The molecule has 2 aromatic carbocycles. The first-order valence-electron chi connectivity index (χ1n) is 11.6. The van der Waals surface area contributed by atoms with Crippen molar-refractivity contribution in [3.63, 3.8) is 0 Å². The Labute approximate surface area is 201 Å². The second-order valence-electron chi connectivity index (χ2n) is 8.75. The van der Waals surface area contributed by atoms with Gasteiger partial charge in [-0.15, -0.1) is 0 Å². The van der Waals surface area contributed by atoms with Crippen LogP contribution in [0.25, 0.3) is 11.1 Å². The Hall–Kier alpha value is -3.25. The highest BCUT2D eigenvalue weighted by Gasteiger charge is 2.35. The zero-order valence-electron chi connectivity index (χ0n) is 19.5. The fraction of sp³-hybridized carbons (Fsp3) is 0.286. The SMILES string of the molecule is Cc1cc(CCCCCC2OC(=O)C(c3ccccc3)=C2c2ccc(S(C)(=O)=O)cc2)ccn1. The van der Waals surface area contributed by atoms with Gasteiger partial charge in [-0.2, -0.15) is 0 Å². The first-order chi connectivity index (χ1) is 16.3. The average Bonchev–Trinajstić information content (AvgIpc) is 3.15. The number of hydrogen-bond acceptors (Lipinski definition) is 5. The van der Waals surface area contributed by atoms with E-state index >= 15 is 0 Å². The van der Waals surface area contributed by atoms with Crippen molar-refractivity contribution in [2.45, 2.75) is 50.0 Å². The fourth-order valence-electron chi connectivity index (χ4n) is 4.41. The highest BCUT2D eigenvalue weighted by atomic mass is 32.2. The molecular weight excluding hydrogens is 446 g/mol. The molecule has 0 bridgehead atoms. The van der Waals surface area contributed by atoms with Gasteiger partial charge in [-0.3, -0.25) is 4.98 Å². The van der Waals surface area contributed by atoms with Gasteiger partial charge in [0.1, 0.15) is 6.10 Å². The third-order valence-electron chi connectivity index (χ3n) is 6.09. The van der Waals surface area contributed by atoms with Crippen LogP contribution in [0.3, 0.4) is 0 Å². The van der Waals surface area contributed by atoms with Crippen LogP contribution in [0.2, 0.25) is 0 Å². The van der Waals surface area contributed by atoms with Crippen LogP contribution >= 0.6 is 0 Å². The number of sulfone groups is 1. The van der Waals surface area contributed by atoms with Crippen molar-refractivity contribution >= 4 is 27.0 Å². The molecule has 6 heteroatoms. The third kappa shape index (κ3) is 5.62. The molecular formula is C28H29NO4S. The quantitative estimate of drug-likeness (QED) is 0.305. The van der Waals surface area contributed by atoms with E-state index in [0.717, 1.165) is 54.5 Å². The van der Waals surface area contributed by atoms with Gasteiger partial charge in [-0.1, -0.05) is 48.9 Å². The zero-order valence-corrected chi connectivity index (χ0v) is 20.3. The molecule has 5 nitrogen and oxygen atoms in total. The molecule has 1 unspecified atom stereocenters. The number of rotatable bonds is 9. The number of unbranched alkanes of at least 4 members (excludes halogenated alkanes) is 2. The van der Waals surface area contributed by atoms with Crippen molar-refractivity contribution in [1.82, 2.24) is 4.98 Å². The van der Waals surface area contributed by atoms with E-state index in [-0.39, 0.29) is 17.0 Å². The van der Waals surface area contributed by atoms with Crippen molar-refractivity contribution < 1.29 is 17.9 Å². The zero-order chi connectivity index (χ0) is 24.1. The molecule has 1 atom stereocenters. The number of benzene rings is 2. The molecule has 4 rings (SSSR count). The minimum Gasteiger partial charge on any atom is -0.454 e. The van der Waals surface area contributed by atoms with E-state index in [0.29, 0.717) is 5.57 Å². The molecule has 176 valence electrons. The summed E-state index contributed by atoms with van der Waals surface area (Å²) in [5.74, 6) is -0.328. The van der Waals surface area contributed by atoms with Crippen molar-refractivity contribution in [3.8, 4) is 0 Å². The normalized spacial score (nSPS) is 16.1. The van der Waals surface area contributed by atoms with Crippen LogP contribution in [0.15, 0.2) is 77.8 Å². The van der Waals surface area contributed by atoms with Crippen molar-refractivity contribution in [1.29, 1.82) is 0 Å². The van der Waals surface area contributed by atoms with Gasteiger partial charge in [0.15, 0.2) is 9.84 Å². The summed E-state index contributed by atoms with van der Waals surface area (Å²) in [6.45, 7) is 2.00. The van der Waals surface area contributed by atoms with E-state index in [1.807, 2.05) is 43.5 Å². The van der Waals surface area contributed by atoms with Gasteiger partial charge >= 0.3 is 5.97 Å². The predicted octanol–water partition coefficient (Wildman–Crippen LogP) is 5.43. The van der Waals surface area contributed by atoms with E-state index in [9.17, 15) is 13.2 Å². The Balaban J connectivity index is 1.53. The van der Waals surface area contributed by atoms with Crippen molar-refractivity contribution in [3.05, 3.63) is 95.3 Å². The lowest BCUT2D eigenvalue weighted by Gasteiger charge is -2.15. The Morgan fingerprint density at radius 3 is 2.32 bits per heavy atom. The highest BCUT2D eigenvalue weighted by molar-refractivity contribution is 7.90. The highest BCUT2D eigenvalue weighted by Crippen LogP contribution is 2.39. The number of cyclic esters (lactones) is 1. The number of carbonyl (C=O) groups is 1. The van der Waals surface area contributed by atoms with E-state index in [4.69, 9.17) is 4.74 Å². The largest absolute Gasteiger partial charge is 0.454 e. The molecule has 1 aliphatic rings. The number of ether oxygens (including phenoxy) is 1. The number of hydrogen-bond donors (Lipinski definition) is 0. The summed E-state index contributed by atoms with van der Waals surface area (Å²) in [6.07, 6.45) is 7.41. The van der Waals surface area contributed by atoms with Gasteiger partial charge in [0.05, 0.1) is 10.5 Å². The molecule has 3 aromatic rings. The molecule has 0 saturated carbocycles. The van der Waals surface area contributed by atoms with Crippen molar-refractivity contribution in [2.75, 3.05) is 6.26 Å². The first kappa shape index (κ1) is 23.9. The van der Waals surface area contributed by atoms with Gasteiger partial charge in [0.25, 0.3) is 0 Å². The summed E-state index contributed by atoms with van der Waals surface area (Å²) < 4.78 is 29.6. The summed E-state index contributed by atoms with van der Waals surface area (Å²) in [5.41, 5.74) is 5.34. The maximum absolute atomic E-state index is 12.9. The van der Waals surface area contributed by atoms with Crippen LogP contribution in [-0.2, 0) is 25.8 Å². The van der Waals surface area contributed by atoms with E-state index in [1.54, 1.807) is 24.3 Å². The van der Waals surface area contributed by atoms with E-state index in [2.05, 4.69) is 17.1 Å². The van der Waals surface area contributed by atoms with Crippen LogP contribution in [0, 0.1) is 6.92 Å². The maximum Gasteiger partial charge on any atom is 0.339 e. The lowest BCUT2D eigenvalue weighted by atomic mass is 9.91. The third-order valence-corrected chi connectivity index (χ3v) is 7.22. The van der Waals surface area contributed by atoms with Gasteiger partial charge in [0.2, 0.25) is 0 Å². The van der Waals surface area contributed by atoms with E-state index < -0.39 is 9.84 Å². The molecule has 0 radical (unpaired) electrons. The first-order valence-corrected chi connectivity index (χ1v) is 13.4. The van der Waals surface area contributed by atoms with Gasteiger partial charge in [-0.05, 0) is 73.6 Å². The average molecular weight is 476 g/mol. The maximum atomic E-state index is 12.9. The van der Waals surface area contributed by atoms with Crippen LogP contribution in [0.4, 0.5) is 0 Å². The number of aromatic nitrogens is 1. The smallest absolute Gasteiger partial charge is 0.339 e. The molecule has 34 heavy (non-hydrogen) atoms. The number of carbonyl (C=O) groups excluding carboxylic acids is 1. The molecule has 2 heterocycles. The van der Waals surface area contributed by atoms with Gasteiger partial charge in [-0.25, -0.2) is 13.2 Å². The summed E-state index contributed by atoms with van der Waals surface area (Å²) in [6, 6.07) is 20.4. The van der Waals surface area contributed by atoms with E-state index in [1.165, 1.54) is 11.8 Å². The number of esters is 1. The summed E-state index contributed by atoms with van der Waals surface area (Å²) >= 11 is 0. The minimum absolute atomic E-state index is 0.256. The fourth-order valence-corrected chi connectivity index (χ4v) is 5.04. The summed E-state index contributed by atoms with van der Waals surface area (Å²) in [5, 5.41) is 0. The molecule has 1 aromatic heterocycles. The lowest BCUT2D eigenvalue weighted by molar-refractivity contribution is -0.137. The van der Waals surface area contributed by atoms with Gasteiger partial charge < -0.3 is 4.74 Å². The molecule has 0 aliphatic carbocycles. The van der Waals surface area contributed by atoms with Crippen LogP contribution in [0.5, 0.6) is 0 Å².